The lowest BCUT2D eigenvalue weighted by molar-refractivity contribution is -0.500. The number of hydrogen-bond donors (Lipinski definition) is 3. The molecule has 0 amide bonds. The zero-order valence-corrected chi connectivity index (χ0v) is 13.9. The summed E-state index contributed by atoms with van der Waals surface area (Å²) in [6, 6.07) is 15.7. The number of hydrogen-bond acceptors (Lipinski definition) is 3. The molecular formula is C17H20N3O2S+. The maximum atomic E-state index is 5.96. The maximum absolute atomic E-state index is 5.96. The summed E-state index contributed by atoms with van der Waals surface area (Å²) in [6.07, 6.45) is 1.77. The van der Waals surface area contributed by atoms with Crippen molar-refractivity contribution in [3.63, 3.8) is 0 Å². The van der Waals surface area contributed by atoms with Gasteiger partial charge in [-0.25, -0.2) is 0 Å². The van der Waals surface area contributed by atoms with Crippen molar-refractivity contribution in [2.45, 2.75) is 6.61 Å². The van der Waals surface area contributed by atoms with Crippen LogP contribution < -0.4 is 25.3 Å². The SMILES string of the molecule is CNC(=S)N[NH+]=Cc1cccc(OC)c1OCc1ccccc1. The summed E-state index contributed by atoms with van der Waals surface area (Å²) >= 11 is 5.01. The Morgan fingerprint density at radius 1 is 1.17 bits per heavy atom. The first-order valence-corrected chi connectivity index (χ1v) is 7.55. The van der Waals surface area contributed by atoms with Crippen LogP contribution in [0.2, 0.25) is 0 Å². The van der Waals surface area contributed by atoms with Crippen LogP contribution in [-0.2, 0) is 6.61 Å². The van der Waals surface area contributed by atoms with Crippen molar-refractivity contribution in [2.24, 2.45) is 0 Å². The second-order valence-electron chi connectivity index (χ2n) is 4.65. The fraction of sp³-hybridized carbons (Fsp3) is 0.176. The summed E-state index contributed by atoms with van der Waals surface area (Å²) < 4.78 is 11.3. The van der Waals surface area contributed by atoms with Crippen molar-refractivity contribution in [1.29, 1.82) is 0 Å². The monoisotopic (exact) mass is 330 g/mol. The summed E-state index contributed by atoms with van der Waals surface area (Å²) in [6.45, 7) is 0.463. The third kappa shape index (κ3) is 4.96. The van der Waals surface area contributed by atoms with E-state index in [1.54, 1.807) is 20.4 Å². The van der Waals surface area contributed by atoms with Crippen LogP contribution >= 0.6 is 12.2 Å². The van der Waals surface area contributed by atoms with E-state index in [-0.39, 0.29) is 0 Å². The lowest BCUT2D eigenvalue weighted by Crippen LogP contribution is -2.82. The van der Waals surface area contributed by atoms with E-state index in [9.17, 15) is 0 Å². The molecule has 5 nitrogen and oxygen atoms in total. The highest BCUT2D eigenvalue weighted by atomic mass is 32.1. The van der Waals surface area contributed by atoms with E-state index < -0.39 is 0 Å². The Kier molecular flexibility index (Phi) is 6.38. The smallest absolute Gasteiger partial charge is 0.223 e. The van der Waals surface area contributed by atoms with E-state index in [2.05, 4.69) is 15.8 Å². The van der Waals surface area contributed by atoms with E-state index in [4.69, 9.17) is 21.7 Å². The molecule has 0 aliphatic carbocycles. The molecule has 23 heavy (non-hydrogen) atoms. The molecule has 0 aromatic heterocycles. The van der Waals surface area contributed by atoms with Gasteiger partial charge in [-0.05, 0) is 29.9 Å². The molecule has 6 heteroatoms. The van der Waals surface area contributed by atoms with Gasteiger partial charge in [0.05, 0.1) is 12.7 Å². The molecule has 3 N–H and O–H groups in total. The van der Waals surface area contributed by atoms with Gasteiger partial charge in [-0.2, -0.15) is 0 Å². The van der Waals surface area contributed by atoms with Crippen molar-refractivity contribution in [1.82, 2.24) is 10.7 Å². The fourth-order valence-corrected chi connectivity index (χ4v) is 1.99. The average Bonchev–Trinajstić information content (AvgIpc) is 2.60. The molecule has 0 atom stereocenters. The van der Waals surface area contributed by atoms with Crippen LogP contribution in [0.15, 0.2) is 48.5 Å². The third-order valence-corrected chi connectivity index (χ3v) is 3.40. The van der Waals surface area contributed by atoms with Gasteiger partial charge in [0.2, 0.25) is 11.3 Å². The molecule has 0 saturated carbocycles. The van der Waals surface area contributed by atoms with Crippen LogP contribution in [-0.4, -0.2) is 25.5 Å². The van der Waals surface area contributed by atoms with Crippen molar-refractivity contribution in [2.75, 3.05) is 14.2 Å². The van der Waals surface area contributed by atoms with Crippen LogP contribution in [0.5, 0.6) is 11.5 Å². The summed E-state index contributed by atoms with van der Waals surface area (Å²) in [7, 11) is 3.37. The first kappa shape index (κ1) is 16.8. The van der Waals surface area contributed by atoms with Gasteiger partial charge in [-0.3, -0.25) is 0 Å². The van der Waals surface area contributed by atoms with Gasteiger partial charge in [0.1, 0.15) is 6.61 Å². The number of thiocarbonyl (C=S) groups is 1. The van der Waals surface area contributed by atoms with Crippen LogP contribution in [0.25, 0.3) is 0 Å². The molecule has 120 valence electrons. The summed E-state index contributed by atoms with van der Waals surface area (Å²) in [5.41, 5.74) is 4.78. The fourth-order valence-electron chi connectivity index (χ4n) is 1.93. The molecule has 0 spiro atoms. The number of methoxy groups -OCH3 is 1. The number of rotatable bonds is 6. The van der Waals surface area contributed by atoms with Crippen molar-refractivity contribution in [3.8, 4) is 11.5 Å². The van der Waals surface area contributed by atoms with Gasteiger partial charge >= 0.3 is 0 Å². The topological polar surface area (TPSA) is 56.5 Å². The Labute approximate surface area is 141 Å². The van der Waals surface area contributed by atoms with E-state index in [1.807, 2.05) is 48.5 Å². The van der Waals surface area contributed by atoms with Gasteiger partial charge in [0, 0.05) is 7.05 Å². The predicted octanol–water partition coefficient (Wildman–Crippen LogP) is 0.783. The van der Waals surface area contributed by atoms with E-state index in [0.29, 0.717) is 23.2 Å². The summed E-state index contributed by atoms with van der Waals surface area (Å²) in [5, 5.41) is 6.24. The van der Waals surface area contributed by atoms with E-state index in [0.717, 1.165) is 11.1 Å². The lowest BCUT2D eigenvalue weighted by Gasteiger charge is -2.12. The number of nitrogens with one attached hydrogen (secondary N) is 3. The minimum Gasteiger partial charge on any atom is -0.493 e. The molecule has 0 bridgehead atoms. The Morgan fingerprint density at radius 3 is 2.65 bits per heavy atom. The van der Waals surface area contributed by atoms with Gasteiger partial charge in [-0.1, -0.05) is 36.4 Å². The van der Waals surface area contributed by atoms with Gasteiger partial charge < -0.3 is 14.8 Å². The Hall–Kier alpha value is -2.60. The Balaban J connectivity index is 2.16. The van der Waals surface area contributed by atoms with Crippen molar-refractivity contribution < 1.29 is 14.6 Å². The molecule has 2 aromatic rings. The highest BCUT2D eigenvalue weighted by Crippen LogP contribution is 2.30. The molecule has 0 unspecified atom stereocenters. The lowest BCUT2D eigenvalue weighted by atomic mass is 10.2. The zero-order chi connectivity index (χ0) is 16.5. The highest BCUT2D eigenvalue weighted by Gasteiger charge is 2.11. The van der Waals surface area contributed by atoms with E-state index >= 15 is 0 Å². The average molecular weight is 330 g/mol. The minimum absolute atomic E-state index is 0.463. The largest absolute Gasteiger partial charge is 0.493 e. The molecule has 0 fully saturated rings. The van der Waals surface area contributed by atoms with Crippen molar-refractivity contribution in [3.05, 3.63) is 59.7 Å². The maximum Gasteiger partial charge on any atom is 0.223 e. The molecule has 2 rings (SSSR count). The minimum atomic E-state index is 0.463. The molecule has 0 aliphatic heterocycles. The number of benzene rings is 2. The summed E-state index contributed by atoms with van der Waals surface area (Å²) in [5.74, 6) is 1.34. The highest BCUT2D eigenvalue weighted by molar-refractivity contribution is 7.80. The van der Waals surface area contributed by atoms with Crippen LogP contribution in [0.1, 0.15) is 11.1 Å². The molecule has 0 radical (unpaired) electrons. The van der Waals surface area contributed by atoms with Crippen LogP contribution in [0.3, 0.4) is 0 Å². The Morgan fingerprint density at radius 2 is 1.96 bits per heavy atom. The Bertz CT molecular complexity index is 675. The van der Waals surface area contributed by atoms with Gasteiger partial charge in [-0.15, -0.1) is 10.5 Å². The predicted molar refractivity (Wildman–Crippen MR) is 94.7 cm³/mol. The summed E-state index contributed by atoms with van der Waals surface area (Å²) in [4.78, 5) is 0. The third-order valence-electron chi connectivity index (χ3n) is 3.10. The number of ether oxygens (including phenoxy) is 2. The van der Waals surface area contributed by atoms with Crippen LogP contribution in [0, 0.1) is 0 Å². The quantitative estimate of drug-likeness (QED) is 0.415. The zero-order valence-electron chi connectivity index (χ0n) is 13.1. The molecule has 0 heterocycles. The second-order valence-corrected chi connectivity index (χ2v) is 5.05. The van der Waals surface area contributed by atoms with E-state index in [1.165, 1.54) is 0 Å². The molecule has 2 aromatic carbocycles. The number of hydrazone groups is 1. The van der Waals surface area contributed by atoms with Crippen molar-refractivity contribution >= 4 is 23.5 Å². The number of para-hydroxylation sites is 1. The molecule has 0 saturated heterocycles. The standard InChI is InChI=1S/C17H19N3O2S/c1-18-17(23)20-19-11-14-9-6-10-15(21-2)16(14)22-12-13-7-4-3-5-8-13/h3-11H,12H2,1-2H3,(H2,18,20,23)/p+1. The number of hydrazine groups is 1. The molecular weight excluding hydrogens is 310 g/mol. The van der Waals surface area contributed by atoms with Crippen LogP contribution in [0.4, 0.5) is 0 Å². The second kappa shape index (κ2) is 8.75. The molecule has 0 aliphatic rings. The van der Waals surface area contributed by atoms with Gasteiger partial charge in [0.15, 0.2) is 11.5 Å². The first-order valence-electron chi connectivity index (χ1n) is 7.14. The van der Waals surface area contributed by atoms with Gasteiger partial charge in [0.25, 0.3) is 0 Å². The first-order chi connectivity index (χ1) is 11.2. The normalized spacial score (nSPS) is 10.3.